The molecule has 2 aromatic heterocycles. The van der Waals surface area contributed by atoms with Gasteiger partial charge in [-0.3, -0.25) is 19.1 Å². The molecule has 0 bridgehead atoms. The van der Waals surface area contributed by atoms with Crippen molar-refractivity contribution < 1.29 is 4.79 Å². The van der Waals surface area contributed by atoms with E-state index in [0.29, 0.717) is 30.6 Å². The van der Waals surface area contributed by atoms with Crippen LogP contribution in [-0.2, 0) is 17.9 Å². The zero-order chi connectivity index (χ0) is 23.4. The number of nitrogens with one attached hydrogen (secondary N) is 1. The van der Waals surface area contributed by atoms with Gasteiger partial charge in [-0.2, -0.15) is 0 Å². The molecule has 1 amide bonds. The molecule has 0 saturated heterocycles. The molecule has 3 N–H and O–H groups in total. The van der Waals surface area contributed by atoms with E-state index in [1.54, 1.807) is 0 Å². The van der Waals surface area contributed by atoms with Gasteiger partial charge in [0.15, 0.2) is 10.8 Å². The smallest absolute Gasteiger partial charge is 0.330 e. The Kier molecular flexibility index (Phi) is 7.81. The summed E-state index contributed by atoms with van der Waals surface area (Å²) in [4.78, 5) is 42.0. The number of nitrogens with two attached hydrogens (primary N) is 1. The third-order valence-corrected chi connectivity index (χ3v) is 6.35. The van der Waals surface area contributed by atoms with E-state index < -0.39 is 11.2 Å². The minimum atomic E-state index is -0.644. The lowest BCUT2D eigenvalue weighted by molar-refractivity contribution is -0.116. The zero-order valence-corrected chi connectivity index (χ0v) is 20.1. The second kappa shape index (κ2) is 10.4. The summed E-state index contributed by atoms with van der Waals surface area (Å²) in [5.41, 5.74) is 5.09. The molecule has 0 radical (unpaired) electrons. The number of rotatable bonds is 11. The number of hydrogen-bond acceptors (Lipinski definition) is 7. The van der Waals surface area contributed by atoms with E-state index in [-0.39, 0.29) is 29.1 Å². The van der Waals surface area contributed by atoms with Gasteiger partial charge in [0.2, 0.25) is 5.91 Å². The van der Waals surface area contributed by atoms with E-state index in [9.17, 15) is 14.4 Å². The highest BCUT2D eigenvalue weighted by Crippen LogP contribution is 2.40. The summed E-state index contributed by atoms with van der Waals surface area (Å²) in [6.07, 6.45) is 3.80. The summed E-state index contributed by atoms with van der Waals surface area (Å²) in [7, 11) is 0. The van der Waals surface area contributed by atoms with E-state index in [1.165, 1.54) is 21.2 Å². The van der Waals surface area contributed by atoms with Crippen molar-refractivity contribution in [1.29, 1.82) is 0 Å². The van der Waals surface area contributed by atoms with Crippen LogP contribution in [0.15, 0.2) is 14.7 Å². The Morgan fingerprint density at radius 2 is 1.97 bits per heavy atom. The highest BCUT2D eigenvalue weighted by atomic mass is 32.2. The minimum Gasteiger partial charge on any atom is -0.383 e. The van der Waals surface area contributed by atoms with Crippen LogP contribution < -0.4 is 21.9 Å². The summed E-state index contributed by atoms with van der Waals surface area (Å²) in [5, 5.41) is 9.28. The zero-order valence-electron chi connectivity index (χ0n) is 19.3. The maximum Gasteiger partial charge on any atom is 0.330 e. The van der Waals surface area contributed by atoms with Crippen molar-refractivity contribution in [3.8, 4) is 0 Å². The van der Waals surface area contributed by atoms with E-state index in [0.717, 1.165) is 31.6 Å². The lowest BCUT2D eigenvalue weighted by atomic mass is 10.2. The fourth-order valence-corrected chi connectivity index (χ4v) is 4.50. The van der Waals surface area contributed by atoms with Crippen LogP contribution in [0.5, 0.6) is 0 Å². The molecule has 1 aliphatic rings. The third-order valence-electron chi connectivity index (χ3n) is 5.40. The van der Waals surface area contributed by atoms with Crippen LogP contribution in [0.4, 0.5) is 11.5 Å². The van der Waals surface area contributed by atoms with Crippen LogP contribution in [0.25, 0.3) is 0 Å². The first-order valence-electron chi connectivity index (χ1n) is 11.3. The number of anilines is 2. The van der Waals surface area contributed by atoms with Gasteiger partial charge in [-0.05, 0) is 32.1 Å². The maximum atomic E-state index is 13.3. The SMILES string of the molecule is CCCCN(C(=O)CSc1nnc(C2CC2)n1CC)c1c(N)n(CC(C)C)c(=O)[nH]c1=O. The second-order valence-electron chi connectivity index (χ2n) is 8.54. The van der Waals surface area contributed by atoms with Gasteiger partial charge in [-0.25, -0.2) is 4.79 Å². The predicted octanol–water partition coefficient (Wildman–Crippen LogP) is 2.19. The Balaban J connectivity index is 1.87. The number of H-pyrrole nitrogens is 1. The normalized spacial score (nSPS) is 13.7. The van der Waals surface area contributed by atoms with Crippen LogP contribution in [0.3, 0.4) is 0 Å². The number of unbranched alkanes of at least 4 members (excludes halogenated alkanes) is 1. The highest BCUT2D eigenvalue weighted by molar-refractivity contribution is 7.99. The number of hydrogen-bond donors (Lipinski definition) is 2. The van der Waals surface area contributed by atoms with Gasteiger partial charge in [-0.15, -0.1) is 10.2 Å². The highest BCUT2D eigenvalue weighted by Gasteiger charge is 2.30. The molecular weight excluding hydrogens is 430 g/mol. The van der Waals surface area contributed by atoms with E-state index in [4.69, 9.17) is 5.73 Å². The third kappa shape index (κ3) is 5.25. The van der Waals surface area contributed by atoms with Gasteiger partial charge in [-0.1, -0.05) is 39.0 Å². The first kappa shape index (κ1) is 24.1. The number of nitrogen functional groups attached to an aromatic ring is 1. The molecular formula is C21H33N7O3S. The minimum absolute atomic E-state index is 0.0228. The summed E-state index contributed by atoms with van der Waals surface area (Å²) in [5.74, 6) is 1.45. The fraction of sp³-hybridized carbons (Fsp3) is 0.667. The van der Waals surface area contributed by atoms with Gasteiger partial charge >= 0.3 is 5.69 Å². The maximum absolute atomic E-state index is 13.3. The van der Waals surface area contributed by atoms with Crippen LogP contribution in [0.2, 0.25) is 0 Å². The molecule has 176 valence electrons. The van der Waals surface area contributed by atoms with Crippen LogP contribution >= 0.6 is 11.8 Å². The number of thioether (sulfide) groups is 1. The molecule has 1 saturated carbocycles. The van der Waals surface area contributed by atoms with Crippen molar-refractivity contribution in [3.63, 3.8) is 0 Å². The van der Waals surface area contributed by atoms with Crippen LogP contribution in [0, 0.1) is 5.92 Å². The number of aromatic amines is 1. The fourth-order valence-electron chi connectivity index (χ4n) is 3.61. The molecule has 3 rings (SSSR count). The number of carbonyl (C=O) groups excluding carboxylic acids is 1. The van der Waals surface area contributed by atoms with Gasteiger partial charge in [0.1, 0.15) is 11.6 Å². The predicted molar refractivity (Wildman–Crippen MR) is 126 cm³/mol. The molecule has 0 atom stereocenters. The standard InChI is InChI=1S/C21H33N7O3S/c1-5-7-10-27(16-17(22)28(11-13(3)4)20(31)23-19(16)30)15(29)12-32-21-25-24-18(14-8-9-14)26(21)6-2/h13-14H,5-12,22H2,1-4H3,(H,23,30,31). The Morgan fingerprint density at radius 3 is 2.56 bits per heavy atom. The van der Waals surface area contributed by atoms with Crippen LogP contribution in [0.1, 0.15) is 65.1 Å². The number of amides is 1. The second-order valence-corrected chi connectivity index (χ2v) is 9.49. The Bertz CT molecular complexity index is 1070. The topological polar surface area (TPSA) is 132 Å². The van der Waals surface area contributed by atoms with Gasteiger partial charge in [0, 0.05) is 25.6 Å². The van der Waals surface area contributed by atoms with Crippen molar-refractivity contribution >= 4 is 29.2 Å². The quantitative estimate of drug-likeness (QED) is 0.488. The molecule has 11 heteroatoms. The van der Waals surface area contributed by atoms with Gasteiger partial charge in [0.05, 0.1) is 5.75 Å². The largest absolute Gasteiger partial charge is 0.383 e. The summed E-state index contributed by atoms with van der Waals surface area (Å²) < 4.78 is 3.38. The molecule has 1 aliphatic carbocycles. The molecule has 0 aromatic carbocycles. The summed E-state index contributed by atoms with van der Waals surface area (Å²) in [6, 6.07) is 0. The van der Waals surface area contributed by atoms with Gasteiger partial charge in [0.25, 0.3) is 5.56 Å². The first-order valence-corrected chi connectivity index (χ1v) is 12.3. The van der Waals surface area contributed by atoms with Crippen molar-refractivity contribution in [2.24, 2.45) is 5.92 Å². The summed E-state index contributed by atoms with van der Waals surface area (Å²) >= 11 is 1.31. The number of aromatic nitrogens is 5. The van der Waals surface area contributed by atoms with Gasteiger partial charge < -0.3 is 15.2 Å². The first-order chi connectivity index (χ1) is 15.3. The lowest BCUT2D eigenvalue weighted by Crippen LogP contribution is -2.42. The molecule has 0 unspecified atom stereocenters. The monoisotopic (exact) mass is 463 g/mol. The average Bonchev–Trinajstić information content (AvgIpc) is 3.50. The van der Waals surface area contributed by atoms with E-state index in [1.807, 2.05) is 27.7 Å². The molecule has 10 nitrogen and oxygen atoms in total. The molecule has 0 spiro atoms. The Morgan fingerprint density at radius 1 is 1.25 bits per heavy atom. The van der Waals surface area contributed by atoms with Crippen molar-refractivity contribution in [3.05, 3.63) is 26.7 Å². The average molecular weight is 464 g/mol. The van der Waals surface area contributed by atoms with E-state index in [2.05, 4.69) is 19.7 Å². The molecule has 32 heavy (non-hydrogen) atoms. The summed E-state index contributed by atoms with van der Waals surface area (Å²) in [6.45, 7) is 9.38. The Labute approximate surface area is 191 Å². The molecule has 0 aliphatic heterocycles. The van der Waals surface area contributed by atoms with E-state index >= 15 is 0 Å². The molecule has 1 fully saturated rings. The van der Waals surface area contributed by atoms with Crippen molar-refractivity contribution in [2.75, 3.05) is 22.9 Å². The van der Waals surface area contributed by atoms with Crippen molar-refractivity contribution in [2.45, 2.75) is 77.5 Å². The Hall–Kier alpha value is -2.56. The molecule has 2 aromatic rings. The van der Waals surface area contributed by atoms with Crippen LogP contribution in [-0.4, -0.2) is 42.5 Å². The number of carbonyl (C=O) groups is 1. The number of nitrogens with zero attached hydrogens (tertiary/aromatic N) is 5. The lowest BCUT2D eigenvalue weighted by Gasteiger charge is -2.24. The van der Waals surface area contributed by atoms with Crippen molar-refractivity contribution in [1.82, 2.24) is 24.3 Å². The molecule has 2 heterocycles.